The molecule has 0 saturated carbocycles. The van der Waals surface area contributed by atoms with Gasteiger partial charge in [0.2, 0.25) is 0 Å². The van der Waals surface area contributed by atoms with Gasteiger partial charge in [0.25, 0.3) is 0 Å². The minimum Gasteiger partial charge on any atom is -0.207 e. The third kappa shape index (κ3) is 1.75. The quantitative estimate of drug-likeness (QED) is 0.540. The molecule has 1 aromatic rings. The van der Waals surface area contributed by atoms with Crippen LogP contribution in [0.1, 0.15) is 5.56 Å². The van der Waals surface area contributed by atoms with Gasteiger partial charge in [0, 0.05) is 5.56 Å². The zero-order valence-electron chi connectivity index (χ0n) is 6.15. The third-order valence-electron chi connectivity index (χ3n) is 1.50. The Morgan fingerprint density at radius 1 is 1.08 bits per heavy atom. The molecule has 0 fully saturated rings. The first-order valence-corrected chi connectivity index (χ1v) is 4.03. The summed E-state index contributed by atoms with van der Waals surface area (Å²) in [5, 5.41) is 0. The summed E-state index contributed by atoms with van der Waals surface area (Å²) in [5.41, 5.74) is -0.231. The van der Waals surface area contributed by atoms with Crippen LogP contribution in [0.2, 0.25) is 0 Å². The topological polar surface area (TPSA) is 0 Å². The van der Waals surface area contributed by atoms with Crippen molar-refractivity contribution in [1.29, 1.82) is 0 Å². The van der Waals surface area contributed by atoms with Gasteiger partial charge in [-0.05, 0) is 24.3 Å². The maximum absolute atomic E-state index is 12.8. The molecule has 0 aliphatic heterocycles. The molecule has 4 heteroatoms. The molecule has 0 aliphatic rings. The van der Waals surface area contributed by atoms with E-state index in [0.717, 1.165) is 12.1 Å². The van der Waals surface area contributed by atoms with E-state index in [0.29, 0.717) is 0 Å². The smallest absolute Gasteiger partial charge is 0.164 e. The van der Waals surface area contributed by atoms with E-state index in [1.54, 1.807) is 0 Å². The van der Waals surface area contributed by atoms with Crippen molar-refractivity contribution in [3.8, 4) is 0 Å². The summed E-state index contributed by atoms with van der Waals surface area (Å²) in [5.74, 6) is -2.56. The average molecular weight is 192 g/mol. The molecule has 66 valence electrons. The van der Waals surface area contributed by atoms with Gasteiger partial charge >= 0.3 is 0 Å². The highest BCUT2D eigenvalue weighted by atomic mass is 32.1. The second kappa shape index (κ2) is 3.85. The van der Waals surface area contributed by atoms with Crippen LogP contribution in [0.4, 0.5) is 13.2 Å². The Bertz CT molecular complexity index is 286. The minimum absolute atomic E-state index is 0.0958. The van der Waals surface area contributed by atoms with Crippen molar-refractivity contribution in [3.63, 3.8) is 0 Å². The Morgan fingerprint density at radius 3 is 2.25 bits per heavy atom. The van der Waals surface area contributed by atoms with E-state index in [-0.39, 0.29) is 17.7 Å². The Labute approximate surface area is 73.8 Å². The molecule has 0 amide bonds. The molecule has 0 N–H and O–H groups in total. The second-order valence-corrected chi connectivity index (χ2v) is 2.74. The van der Waals surface area contributed by atoms with E-state index in [4.69, 9.17) is 0 Å². The van der Waals surface area contributed by atoms with Gasteiger partial charge in [0.05, 0.1) is 0 Å². The van der Waals surface area contributed by atoms with Crippen molar-refractivity contribution in [3.05, 3.63) is 35.1 Å². The summed E-state index contributed by atoms with van der Waals surface area (Å²) >= 11 is 3.80. The molecule has 1 rings (SSSR count). The SMILES string of the molecule is Fc1ccc(F)c(CCS)c1F. The maximum Gasteiger partial charge on any atom is 0.164 e. The van der Waals surface area contributed by atoms with Crippen LogP contribution in [0, 0.1) is 17.5 Å². The van der Waals surface area contributed by atoms with Crippen LogP contribution in [0.15, 0.2) is 12.1 Å². The molecule has 0 heterocycles. The fourth-order valence-electron chi connectivity index (χ4n) is 0.910. The van der Waals surface area contributed by atoms with Crippen molar-refractivity contribution >= 4 is 12.6 Å². The zero-order chi connectivity index (χ0) is 9.14. The van der Waals surface area contributed by atoms with Gasteiger partial charge in [-0.15, -0.1) is 0 Å². The summed E-state index contributed by atoms with van der Waals surface area (Å²) in [4.78, 5) is 0. The van der Waals surface area contributed by atoms with Crippen LogP contribution in [0.25, 0.3) is 0 Å². The van der Waals surface area contributed by atoms with Crippen LogP contribution in [0.5, 0.6) is 0 Å². The first-order valence-electron chi connectivity index (χ1n) is 3.40. The monoisotopic (exact) mass is 192 g/mol. The Balaban J connectivity index is 3.14. The van der Waals surface area contributed by atoms with Crippen LogP contribution < -0.4 is 0 Å². The third-order valence-corrected chi connectivity index (χ3v) is 1.72. The van der Waals surface area contributed by atoms with Gasteiger partial charge < -0.3 is 0 Å². The van der Waals surface area contributed by atoms with E-state index in [1.807, 2.05) is 0 Å². The first kappa shape index (κ1) is 9.45. The molecule has 0 aliphatic carbocycles. The molecule has 0 bridgehead atoms. The van der Waals surface area contributed by atoms with Crippen molar-refractivity contribution in [2.24, 2.45) is 0 Å². The van der Waals surface area contributed by atoms with Crippen molar-refractivity contribution in [1.82, 2.24) is 0 Å². The molecule has 0 saturated heterocycles. The summed E-state index contributed by atoms with van der Waals surface area (Å²) in [6.07, 6.45) is 0.0958. The van der Waals surface area contributed by atoms with Crippen LogP contribution in [0.3, 0.4) is 0 Å². The van der Waals surface area contributed by atoms with E-state index in [2.05, 4.69) is 12.6 Å². The van der Waals surface area contributed by atoms with Gasteiger partial charge in [-0.1, -0.05) is 0 Å². The lowest BCUT2D eigenvalue weighted by atomic mass is 10.1. The molecule has 0 spiro atoms. The van der Waals surface area contributed by atoms with Gasteiger partial charge in [-0.25, -0.2) is 13.2 Å². The Kier molecular flexibility index (Phi) is 3.03. The van der Waals surface area contributed by atoms with E-state index < -0.39 is 17.5 Å². The molecule has 0 aromatic heterocycles. The molecule has 1 aromatic carbocycles. The predicted molar refractivity (Wildman–Crippen MR) is 43.9 cm³/mol. The predicted octanol–water partition coefficient (Wildman–Crippen LogP) is 2.58. The van der Waals surface area contributed by atoms with Crippen LogP contribution in [-0.2, 0) is 6.42 Å². The van der Waals surface area contributed by atoms with E-state index in [1.165, 1.54) is 0 Å². The lowest BCUT2D eigenvalue weighted by molar-refractivity contribution is 0.481. The molecule has 0 atom stereocenters. The number of halogens is 3. The maximum atomic E-state index is 12.8. The molecule has 12 heavy (non-hydrogen) atoms. The van der Waals surface area contributed by atoms with Gasteiger partial charge in [0.15, 0.2) is 11.6 Å². The summed E-state index contributed by atoms with van der Waals surface area (Å²) in [7, 11) is 0. The zero-order valence-corrected chi connectivity index (χ0v) is 7.04. The van der Waals surface area contributed by atoms with Gasteiger partial charge in [0.1, 0.15) is 5.82 Å². The van der Waals surface area contributed by atoms with Crippen LogP contribution in [-0.4, -0.2) is 5.75 Å². The Hall–Kier alpha value is -0.640. The normalized spacial score (nSPS) is 10.3. The highest BCUT2D eigenvalue weighted by Gasteiger charge is 2.11. The summed E-state index contributed by atoms with van der Waals surface area (Å²) in [6, 6.07) is 1.68. The fourth-order valence-corrected chi connectivity index (χ4v) is 1.13. The van der Waals surface area contributed by atoms with Crippen molar-refractivity contribution in [2.45, 2.75) is 6.42 Å². The van der Waals surface area contributed by atoms with Crippen LogP contribution >= 0.6 is 12.6 Å². The molecule has 0 unspecified atom stereocenters. The van der Waals surface area contributed by atoms with Gasteiger partial charge in [-0.2, -0.15) is 12.6 Å². The number of thiol groups is 1. The van der Waals surface area contributed by atoms with E-state index in [9.17, 15) is 13.2 Å². The number of hydrogen-bond acceptors (Lipinski definition) is 1. The number of rotatable bonds is 2. The largest absolute Gasteiger partial charge is 0.207 e. The first-order chi connectivity index (χ1) is 5.66. The Morgan fingerprint density at radius 2 is 1.67 bits per heavy atom. The number of hydrogen-bond donors (Lipinski definition) is 1. The molecular formula is C8H7F3S. The van der Waals surface area contributed by atoms with Crippen molar-refractivity contribution in [2.75, 3.05) is 5.75 Å². The highest BCUT2D eigenvalue weighted by molar-refractivity contribution is 7.80. The van der Waals surface area contributed by atoms with Crippen molar-refractivity contribution < 1.29 is 13.2 Å². The minimum atomic E-state index is -1.11. The lowest BCUT2D eigenvalue weighted by Gasteiger charge is -2.02. The van der Waals surface area contributed by atoms with E-state index >= 15 is 0 Å². The second-order valence-electron chi connectivity index (χ2n) is 2.30. The standard InChI is InChI=1S/C8H7F3S/c9-6-1-2-7(10)8(11)5(6)3-4-12/h1-2,12H,3-4H2. The summed E-state index contributed by atoms with van der Waals surface area (Å²) in [6.45, 7) is 0. The fraction of sp³-hybridized carbons (Fsp3) is 0.250. The molecular weight excluding hydrogens is 185 g/mol. The number of benzene rings is 1. The average Bonchev–Trinajstić information content (AvgIpc) is 2.06. The molecule has 0 radical (unpaired) electrons. The summed E-state index contributed by atoms with van der Waals surface area (Å²) < 4.78 is 38.1. The van der Waals surface area contributed by atoms with Gasteiger partial charge in [-0.3, -0.25) is 0 Å². The highest BCUT2D eigenvalue weighted by Crippen LogP contribution is 2.16. The molecule has 0 nitrogen and oxygen atoms in total. The lowest BCUT2D eigenvalue weighted by Crippen LogP contribution is -1.99.